The monoisotopic (exact) mass is 429 g/mol. The van der Waals surface area contributed by atoms with E-state index in [-0.39, 0.29) is 21.8 Å². The summed E-state index contributed by atoms with van der Waals surface area (Å²) in [4.78, 5) is 25.2. The van der Waals surface area contributed by atoms with E-state index in [0.29, 0.717) is 11.3 Å². The van der Waals surface area contributed by atoms with Gasteiger partial charge in [-0.25, -0.2) is 27.4 Å². The van der Waals surface area contributed by atoms with Crippen LogP contribution in [-0.4, -0.2) is 51.4 Å². The predicted octanol–water partition coefficient (Wildman–Crippen LogP) is 2.02. The number of ether oxygens (including phenoxy) is 2. The Morgan fingerprint density at radius 2 is 1.53 bits per heavy atom. The summed E-state index contributed by atoms with van der Waals surface area (Å²) in [6.07, 6.45) is 0. The van der Waals surface area contributed by atoms with Gasteiger partial charge in [-0.05, 0) is 31.3 Å². The molecule has 156 valence electrons. The second kappa shape index (κ2) is 8.47. The number of carbonyl (C=O) groups is 2. The Balaban J connectivity index is 2.28. The summed E-state index contributed by atoms with van der Waals surface area (Å²) in [5, 5.41) is 4.45. The van der Waals surface area contributed by atoms with Gasteiger partial charge in [-0.1, -0.05) is 30.3 Å². The summed E-state index contributed by atoms with van der Waals surface area (Å²) in [6.45, 7) is 0. The quantitative estimate of drug-likeness (QED) is 0.596. The van der Waals surface area contributed by atoms with E-state index in [9.17, 15) is 18.0 Å². The van der Waals surface area contributed by atoms with Crippen molar-refractivity contribution in [1.82, 2.24) is 14.5 Å². The van der Waals surface area contributed by atoms with Gasteiger partial charge in [-0.3, -0.25) is 0 Å². The number of carbonyl (C=O) groups excluding carboxylic acids is 2. The van der Waals surface area contributed by atoms with Crippen molar-refractivity contribution in [2.45, 2.75) is 4.90 Å². The molecule has 0 radical (unpaired) electrons. The van der Waals surface area contributed by atoms with Crippen LogP contribution in [0, 0.1) is 0 Å². The Bertz CT molecular complexity index is 1190. The second-order valence-corrected chi connectivity index (χ2v) is 7.92. The molecule has 0 bridgehead atoms. The normalized spacial score (nSPS) is 11.2. The minimum atomic E-state index is -3.63. The molecule has 0 saturated heterocycles. The molecule has 10 heteroatoms. The van der Waals surface area contributed by atoms with E-state index in [1.807, 2.05) is 0 Å². The molecule has 0 aliphatic rings. The van der Waals surface area contributed by atoms with E-state index in [4.69, 9.17) is 9.47 Å². The highest BCUT2D eigenvalue weighted by Gasteiger charge is 2.31. The first-order valence-electron chi connectivity index (χ1n) is 8.73. The number of sulfonamides is 1. The van der Waals surface area contributed by atoms with Gasteiger partial charge in [0.2, 0.25) is 10.0 Å². The Kier molecular flexibility index (Phi) is 5.99. The molecule has 3 aromatic rings. The first-order valence-corrected chi connectivity index (χ1v) is 10.2. The molecular formula is C20H19N3O6S. The van der Waals surface area contributed by atoms with Crippen LogP contribution in [0.25, 0.3) is 16.9 Å². The van der Waals surface area contributed by atoms with E-state index in [2.05, 4.69) is 9.82 Å². The van der Waals surface area contributed by atoms with Crippen LogP contribution in [0.5, 0.6) is 0 Å². The van der Waals surface area contributed by atoms with Crippen LogP contribution in [0.3, 0.4) is 0 Å². The molecule has 0 atom stereocenters. The van der Waals surface area contributed by atoms with Gasteiger partial charge in [-0.15, -0.1) is 0 Å². The molecule has 9 nitrogen and oxygen atoms in total. The van der Waals surface area contributed by atoms with Crippen molar-refractivity contribution in [1.29, 1.82) is 0 Å². The summed E-state index contributed by atoms with van der Waals surface area (Å²) in [6, 6.07) is 14.5. The molecule has 0 aliphatic heterocycles. The number of esters is 2. The van der Waals surface area contributed by atoms with Crippen LogP contribution in [0.4, 0.5) is 0 Å². The van der Waals surface area contributed by atoms with Crippen molar-refractivity contribution < 1.29 is 27.5 Å². The van der Waals surface area contributed by atoms with Crippen molar-refractivity contribution in [3.8, 4) is 16.9 Å². The van der Waals surface area contributed by atoms with Gasteiger partial charge in [-0.2, -0.15) is 5.10 Å². The molecule has 2 aromatic carbocycles. The van der Waals surface area contributed by atoms with Gasteiger partial charge in [0, 0.05) is 5.56 Å². The standard InChI is InChI=1S/C20H19N3O6S/c1-21-30(26,27)15-11-9-13(10-12-15)17-16(19(24)28-2)18(20(25)29-3)23(22-17)14-7-5-4-6-8-14/h4-12,21H,1-3H3. The van der Waals surface area contributed by atoms with Crippen LogP contribution < -0.4 is 4.72 Å². The zero-order valence-corrected chi connectivity index (χ0v) is 17.3. The average molecular weight is 429 g/mol. The molecule has 0 unspecified atom stereocenters. The smallest absolute Gasteiger partial charge is 0.357 e. The summed E-state index contributed by atoms with van der Waals surface area (Å²) in [5.74, 6) is -1.55. The molecule has 3 rings (SSSR count). The molecule has 1 heterocycles. The Morgan fingerprint density at radius 3 is 2.07 bits per heavy atom. The van der Waals surface area contributed by atoms with Crippen LogP contribution in [0.2, 0.25) is 0 Å². The average Bonchev–Trinajstić information content (AvgIpc) is 3.19. The number of para-hydroxylation sites is 1. The van der Waals surface area contributed by atoms with Gasteiger partial charge < -0.3 is 9.47 Å². The third kappa shape index (κ3) is 3.82. The van der Waals surface area contributed by atoms with Gasteiger partial charge in [0.25, 0.3) is 0 Å². The minimum absolute atomic E-state index is 0.0454. The lowest BCUT2D eigenvalue weighted by Gasteiger charge is -2.07. The molecule has 1 aromatic heterocycles. The molecule has 0 fully saturated rings. The van der Waals surface area contributed by atoms with Crippen LogP contribution in [-0.2, 0) is 19.5 Å². The van der Waals surface area contributed by atoms with Gasteiger partial charge >= 0.3 is 11.9 Å². The number of benzene rings is 2. The fourth-order valence-corrected chi connectivity index (χ4v) is 3.60. The SMILES string of the molecule is CNS(=O)(=O)c1ccc(-c2nn(-c3ccccc3)c(C(=O)OC)c2C(=O)OC)cc1. The fourth-order valence-electron chi connectivity index (χ4n) is 2.87. The third-order valence-corrected chi connectivity index (χ3v) is 5.79. The van der Waals surface area contributed by atoms with Crippen LogP contribution >= 0.6 is 0 Å². The van der Waals surface area contributed by atoms with Crippen molar-refractivity contribution in [2.24, 2.45) is 0 Å². The number of aromatic nitrogens is 2. The summed E-state index contributed by atoms with van der Waals surface area (Å²) < 4.78 is 37.2. The van der Waals surface area contributed by atoms with E-state index in [0.717, 1.165) is 0 Å². The number of nitrogens with zero attached hydrogens (tertiary/aromatic N) is 2. The molecule has 0 spiro atoms. The molecular weight excluding hydrogens is 410 g/mol. The van der Waals surface area contributed by atoms with E-state index in [1.54, 1.807) is 30.3 Å². The zero-order valence-electron chi connectivity index (χ0n) is 16.4. The maximum absolute atomic E-state index is 12.6. The summed E-state index contributed by atoms with van der Waals surface area (Å²) in [7, 11) is 0.0627. The molecule has 30 heavy (non-hydrogen) atoms. The van der Waals surface area contributed by atoms with Crippen molar-refractivity contribution >= 4 is 22.0 Å². The fraction of sp³-hybridized carbons (Fsp3) is 0.150. The molecule has 0 amide bonds. The first kappa shape index (κ1) is 21.2. The van der Waals surface area contributed by atoms with Crippen molar-refractivity contribution in [3.05, 3.63) is 65.9 Å². The third-order valence-electron chi connectivity index (χ3n) is 4.36. The Morgan fingerprint density at radius 1 is 0.933 bits per heavy atom. The van der Waals surface area contributed by atoms with Crippen LogP contribution in [0.1, 0.15) is 20.8 Å². The number of rotatable bonds is 6. The first-order chi connectivity index (χ1) is 14.3. The van der Waals surface area contributed by atoms with E-state index >= 15 is 0 Å². The van der Waals surface area contributed by atoms with Crippen molar-refractivity contribution in [3.63, 3.8) is 0 Å². The van der Waals surface area contributed by atoms with Gasteiger partial charge in [0.05, 0.1) is 24.8 Å². The maximum atomic E-state index is 12.6. The van der Waals surface area contributed by atoms with Gasteiger partial charge in [0.1, 0.15) is 11.3 Å². The Hall–Kier alpha value is -3.50. The zero-order chi connectivity index (χ0) is 21.9. The molecule has 0 saturated carbocycles. The second-order valence-electron chi connectivity index (χ2n) is 6.03. The highest BCUT2D eigenvalue weighted by Crippen LogP contribution is 2.29. The van der Waals surface area contributed by atoms with Gasteiger partial charge in [0.15, 0.2) is 5.69 Å². The minimum Gasteiger partial charge on any atom is -0.465 e. The lowest BCUT2D eigenvalue weighted by molar-refractivity contribution is 0.0549. The topological polar surface area (TPSA) is 117 Å². The molecule has 1 N–H and O–H groups in total. The van der Waals surface area contributed by atoms with Crippen LogP contribution in [0.15, 0.2) is 59.5 Å². The number of hydrogen-bond acceptors (Lipinski definition) is 7. The lowest BCUT2D eigenvalue weighted by Crippen LogP contribution is -2.18. The predicted molar refractivity (Wildman–Crippen MR) is 108 cm³/mol. The number of hydrogen-bond donors (Lipinski definition) is 1. The summed E-state index contributed by atoms with van der Waals surface area (Å²) >= 11 is 0. The summed E-state index contributed by atoms with van der Waals surface area (Å²) in [5.41, 5.74) is 0.920. The van der Waals surface area contributed by atoms with E-state index < -0.39 is 22.0 Å². The number of nitrogens with one attached hydrogen (secondary N) is 1. The lowest BCUT2D eigenvalue weighted by atomic mass is 10.1. The number of methoxy groups -OCH3 is 2. The largest absolute Gasteiger partial charge is 0.465 e. The van der Waals surface area contributed by atoms with E-state index in [1.165, 1.54) is 50.2 Å². The maximum Gasteiger partial charge on any atom is 0.357 e. The molecule has 0 aliphatic carbocycles. The highest BCUT2D eigenvalue weighted by atomic mass is 32.2. The highest BCUT2D eigenvalue weighted by molar-refractivity contribution is 7.89. The Labute approximate surface area is 173 Å². The van der Waals surface area contributed by atoms with Crippen molar-refractivity contribution in [2.75, 3.05) is 21.3 Å².